The molecule has 76 valence electrons. The fourth-order valence-electron chi connectivity index (χ4n) is 1.13. The van der Waals surface area contributed by atoms with E-state index in [1.165, 1.54) is 0 Å². The lowest BCUT2D eigenvalue weighted by Crippen LogP contribution is -2.18. The van der Waals surface area contributed by atoms with Crippen LogP contribution in [0.25, 0.3) is 0 Å². The maximum atomic E-state index is 5.51. The van der Waals surface area contributed by atoms with Crippen LogP contribution in [-0.4, -0.2) is 25.6 Å². The van der Waals surface area contributed by atoms with Crippen LogP contribution in [0.3, 0.4) is 0 Å². The van der Waals surface area contributed by atoms with E-state index in [4.69, 9.17) is 14.2 Å². The van der Waals surface area contributed by atoms with Crippen molar-refractivity contribution >= 4 is 0 Å². The molecule has 2 rings (SSSR count). The first-order valence-corrected chi connectivity index (χ1v) is 4.79. The monoisotopic (exact) mass is 194 g/mol. The van der Waals surface area contributed by atoms with Crippen molar-refractivity contribution in [2.24, 2.45) is 0 Å². The lowest BCUT2D eigenvalue weighted by atomic mass is 10.3. The van der Waals surface area contributed by atoms with Crippen molar-refractivity contribution in [2.45, 2.75) is 19.3 Å². The van der Waals surface area contributed by atoms with Crippen LogP contribution < -0.4 is 4.74 Å². The summed E-state index contributed by atoms with van der Waals surface area (Å²) in [5, 5.41) is 0. The van der Waals surface area contributed by atoms with Gasteiger partial charge in [0.05, 0.1) is 13.2 Å². The van der Waals surface area contributed by atoms with Gasteiger partial charge >= 0.3 is 0 Å². The third-order valence-corrected chi connectivity index (χ3v) is 1.96. The molecule has 0 saturated carbocycles. The summed E-state index contributed by atoms with van der Waals surface area (Å²) < 4.78 is 16.0. The second kappa shape index (κ2) is 4.44. The van der Waals surface area contributed by atoms with Gasteiger partial charge in [0.25, 0.3) is 0 Å². The smallest absolute Gasteiger partial charge is 0.197 e. The maximum Gasteiger partial charge on any atom is 0.197 e. The Kier molecular flexibility index (Phi) is 3.01. The highest BCUT2D eigenvalue weighted by atomic mass is 16.7. The Morgan fingerprint density at radius 1 is 1.43 bits per heavy atom. The second-order valence-electron chi connectivity index (χ2n) is 3.29. The second-order valence-corrected chi connectivity index (χ2v) is 3.29. The zero-order valence-corrected chi connectivity index (χ0v) is 8.18. The Morgan fingerprint density at radius 2 is 2.14 bits per heavy atom. The van der Waals surface area contributed by atoms with Crippen molar-refractivity contribution in [1.82, 2.24) is 0 Å². The molecule has 3 heteroatoms. The number of epoxide rings is 1. The quantitative estimate of drug-likeness (QED) is 0.529. The summed E-state index contributed by atoms with van der Waals surface area (Å²) in [6, 6.07) is 9.65. The van der Waals surface area contributed by atoms with Gasteiger partial charge in [-0.3, -0.25) is 0 Å². The van der Waals surface area contributed by atoms with Crippen LogP contribution in [0.2, 0.25) is 0 Å². The molecule has 14 heavy (non-hydrogen) atoms. The van der Waals surface area contributed by atoms with E-state index in [1.807, 2.05) is 37.3 Å². The van der Waals surface area contributed by atoms with Gasteiger partial charge in [-0.15, -0.1) is 0 Å². The highest BCUT2D eigenvalue weighted by molar-refractivity contribution is 5.20. The first kappa shape index (κ1) is 9.49. The van der Waals surface area contributed by atoms with Crippen molar-refractivity contribution in [3.63, 3.8) is 0 Å². The van der Waals surface area contributed by atoms with Gasteiger partial charge in [0, 0.05) is 0 Å². The van der Waals surface area contributed by atoms with E-state index in [-0.39, 0.29) is 12.4 Å². The summed E-state index contributed by atoms with van der Waals surface area (Å²) in [4.78, 5) is 0. The number of rotatable bonds is 5. The Morgan fingerprint density at radius 3 is 2.79 bits per heavy atom. The van der Waals surface area contributed by atoms with Crippen molar-refractivity contribution < 1.29 is 14.2 Å². The highest BCUT2D eigenvalue weighted by Gasteiger charge is 2.23. The van der Waals surface area contributed by atoms with Gasteiger partial charge in [0.1, 0.15) is 11.9 Å². The van der Waals surface area contributed by atoms with Crippen molar-refractivity contribution in [3.8, 4) is 5.75 Å². The van der Waals surface area contributed by atoms with Gasteiger partial charge in [-0.2, -0.15) is 0 Å². The summed E-state index contributed by atoms with van der Waals surface area (Å²) in [7, 11) is 0. The van der Waals surface area contributed by atoms with Crippen LogP contribution in [0.5, 0.6) is 5.75 Å². The molecular weight excluding hydrogens is 180 g/mol. The van der Waals surface area contributed by atoms with Crippen LogP contribution in [0, 0.1) is 0 Å². The third-order valence-electron chi connectivity index (χ3n) is 1.96. The molecule has 1 aromatic rings. The molecular formula is C11H14O3. The van der Waals surface area contributed by atoms with E-state index >= 15 is 0 Å². The first-order chi connectivity index (χ1) is 6.84. The fourth-order valence-corrected chi connectivity index (χ4v) is 1.13. The van der Waals surface area contributed by atoms with Gasteiger partial charge < -0.3 is 14.2 Å². The maximum absolute atomic E-state index is 5.51. The van der Waals surface area contributed by atoms with Gasteiger partial charge in [-0.25, -0.2) is 0 Å². The molecule has 1 aromatic carbocycles. The standard InChI is InChI=1S/C11H14O3/c1-9(12-7-11-8-13-11)14-10-5-3-2-4-6-10/h2-6,9,11H,7-8H2,1H3. The first-order valence-electron chi connectivity index (χ1n) is 4.79. The Hall–Kier alpha value is -1.06. The SMILES string of the molecule is CC(OCC1CO1)Oc1ccccc1. The van der Waals surface area contributed by atoms with Crippen molar-refractivity contribution in [2.75, 3.05) is 13.2 Å². The van der Waals surface area contributed by atoms with Crippen molar-refractivity contribution in [1.29, 1.82) is 0 Å². The summed E-state index contributed by atoms with van der Waals surface area (Å²) in [5.41, 5.74) is 0. The molecule has 1 heterocycles. The predicted octanol–water partition coefficient (Wildman–Crippen LogP) is 1.83. The van der Waals surface area contributed by atoms with E-state index < -0.39 is 0 Å². The summed E-state index contributed by atoms with van der Waals surface area (Å²) in [6.07, 6.45) is 0.0680. The number of para-hydroxylation sites is 1. The number of hydrogen-bond acceptors (Lipinski definition) is 3. The van der Waals surface area contributed by atoms with Crippen LogP contribution in [-0.2, 0) is 9.47 Å². The Balaban J connectivity index is 1.73. The Bertz CT molecular complexity index is 269. The minimum atomic E-state index is -0.221. The van der Waals surface area contributed by atoms with Crippen molar-refractivity contribution in [3.05, 3.63) is 30.3 Å². The predicted molar refractivity (Wildman–Crippen MR) is 52.2 cm³/mol. The lowest BCUT2D eigenvalue weighted by molar-refractivity contribution is -0.0709. The van der Waals surface area contributed by atoms with Gasteiger partial charge in [0.2, 0.25) is 0 Å². The average molecular weight is 194 g/mol. The Labute approximate surface area is 83.6 Å². The van der Waals surface area contributed by atoms with Crippen LogP contribution in [0.1, 0.15) is 6.92 Å². The molecule has 0 aromatic heterocycles. The fraction of sp³-hybridized carbons (Fsp3) is 0.455. The zero-order valence-electron chi connectivity index (χ0n) is 8.18. The zero-order chi connectivity index (χ0) is 9.80. The van der Waals surface area contributed by atoms with E-state index in [0.29, 0.717) is 6.61 Å². The molecule has 3 nitrogen and oxygen atoms in total. The summed E-state index contributed by atoms with van der Waals surface area (Å²) in [6.45, 7) is 3.32. The molecule has 1 aliphatic heterocycles. The van der Waals surface area contributed by atoms with E-state index in [0.717, 1.165) is 12.4 Å². The van der Waals surface area contributed by atoms with Gasteiger partial charge in [-0.05, 0) is 19.1 Å². The molecule has 1 saturated heterocycles. The minimum Gasteiger partial charge on any atom is -0.465 e. The molecule has 2 atom stereocenters. The molecule has 0 bridgehead atoms. The third kappa shape index (κ3) is 3.01. The molecule has 1 aliphatic rings. The number of benzene rings is 1. The van der Waals surface area contributed by atoms with Gasteiger partial charge in [0.15, 0.2) is 6.29 Å². The van der Waals surface area contributed by atoms with E-state index in [2.05, 4.69) is 0 Å². The van der Waals surface area contributed by atoms with E-state index in [9.17, 15) is 0 Å². The van der Waals surface area contributed by atoms with E-state index in [1.54, 1.807) is 0 Å². The molecule has 2 unspecified atom stereocenters. The summed E-state index contributed by atoms with van der Waals surface area (Å²) in [5.74, 6) is 0.830. The molecule has 0 aliphatic carbocycles. The highest BCUT2D eigenvalue weighted by Crippen LogP contribution is 2.13. The normalized spacial score (nSPS) is 21.6. The summed E-state index contributed by atoms with van der Waals surface area (Å²) >= 11 is 0. The van der Waals surface area contributed by atoms with Gasteiger partial charge in [-0.1, -0.05) is 18.2 Å². The van der Waals surface area contributed by atoms with Crippen LogP contribution >= 0.6 is 0 Å². The number of ether oxygens (including phenoxy) is 3. The molecule has 0 radical (unpaired) electrons. The van der Waals surface area contributed by atoms with Crippen LogP contribution in [0.15, 0.2) is 30.3 Å². The number of hydrogen-bond donors (Lipinski definition) is 0. The average Bonchev–Trinajstić information content (AvgIpc) is 3.00. The van der Waals surface area contributed by atoms with Crippen LogP contribution in [0.4, 0.5) is 0 Å². The topological polar surface area (TPSA) is 31.0 Å². The lowest BCUT2D eigenvalue weighted by Gasteiger charge is -2.14. The molecule has 0 amide bonds. The molecule has 1 fully saturated rings. The minimum absolute atomic E-state index is 0.221. The largest absolute Gasteiger partial charge is 0.465 e. The molecule has 0 spiro atoms. The molecule has 0 N–H and O–H groups in total.